The monoisotopic (exact) mass is 297 g/mol. The molecule has 1 N–H and O–H groups in total. The van der Waals surface area contributed by atoms with Crippen molar-refractivity contribution in [3.8, 4) is 0 Å². The van der Waals surface area contributed by atoms with Crippen LogP contribution in [0.4, 0.5) is 0 Å². The van der Waals surface area contributed by atoms with Crippen LogP contribution in [0.5, 0.6) is 0 Å². The van der Waals surface area contributed by atoms with E-state index >= 15 is 0 Å². The second kappa shape index (κ2) is 5.59. The molecule has 0 spiro atoms. The summed E-state index contributed by atoms with van der Waals surface area (Å²) < 4.78 is 2.06. The number of carbonyl (C=O) groups excluding carboxylic acids is 1. The van der Waals surface area contributed by atoms with Crippen molar-refractivity contribution in [3.05, 3.63) is 41.7 Å². The minimum atomic E-state index is -0.511. The Labute approximate surface area is 131 Å². The second-order valence-corrected chi connectivity index (χ2v) is 6.54. The number of para-hydroxylation sites is 2. The van der Waals surface area contributed by atoms with Crippen molar-refractivity contribution in [1.82, 2.24) is 14.9 Å². The van der Waals surface area contributed by atoms with Crippen LogP contribution in [0.15, 0.2) is 35.9 Å². The first-order valence-corrected chi connectivity index (χ1v) is 7.92. The Kier molecular flexibility index (Phi) is 3.77. The number of fused-ring (bicyclic) bond motifs is 1. The number of aryl methyl sites for hydroxylation is 1. The molecular formula is C18H23N3O. The average Bonchev–Trinajstić information content (AvgIpc) is 2.86. The van der Waals surface area contributed by atoms with E-state index in [4.69, 9.17) is 4.98 Å². The van der Waals surface area contributed by atoms with Crippen LogP contribution in [0.3, 0.4) is 0 Å². The summed E-state index contributed by atoms with van der Waals surface area (Å²) in [6.07, 6.45) is 6.25. The molecule has 0 unspecified atom stereocenters. The van der Waals surface area contributed by atoms with Crippen LogP contribution in [0, 0.1) is 0 Å². The number of rotatable bonds is 3. The summed E-state index contributed by atoms with van der Waals surface area (Å²) in [4.78, 5) is 17.2. The molecule has 0 fully saturated rings. The fourth-order valence-corrected chi connectivity index (χ4v) is 3.17. The van der Waals surface area contributed by atoms with Crippen molar-refractivity contribution in [2.75, 3.05) is 0 Å². The molecular weight excluding hydrogens is 274 g/mol. The smallest absolute Gasteiger partial charge is 0.247 e. The van der Waals surface area contributed by atoms with E-state index in [1.165, 1.54) is 6.42 Å². The Hall–Kier alpha value is -2.10. The lowest BCUT2D eigenvalue weighted by Crippen LogP contribution is -2.43. The molecule has 1 amide bonds. The Morgan fingerprint density at radius 3 is 2.73 bits per heavy atom. The first-order chi connectivity index (χ1) is 10.5. The standard InChI is InChI=1S/C18H23N3O/c1-18(2,20-16(22)13-9-5-4-6-10-13)17-19-14-11-7-8-12-15(14)21(17)3/h7-9,11-12H,4-6,10H2,1-3H3,(H,20,22). The Morgan fingerprint density at radius 1 is 1.27 bits per heavy atom. The average molecular weight is 297 g/mol. The number of imidazole rings is 1. The number of nitrogens with one attached hydrogen (secondary N) is 1. The van der Waals surface area contributed by atoms with Gasteiger partial charge in [0.15, 0.2) is 0 Å². The lowest BCUT2D eigenvalue weighted by atomic mass is 9.97. The van der Waals surface area contributed by atoms with Crippen LogP contribution in [0.2, 0.25) is 0 Å². The quantitative estimate of drug-likeness (QED) is 0.943. The van der Waals surface area contributed by atoms with Crippen molar-refractivity contribution < 1.29 is 4.79 Å². The van der Waals surface area contributed by atoms with Crippen molar-refractivity contribution in [1.29, 1.82) is 0 Å². The predicted molar refractivity (Wildman–Crippen MR) is 88.4 cm³/mol. The number of allylic oxidation sites excluding steroid dienone is 1. The highest BCUT2D eigenvalue weighted by atomic mass is 16.1. The van der Waals surface area contributed by atoms with Gasteiger partial charge in [-0.1, -0.05) is 18.2 Å². The second-order valence-electron chi connectivity index (χ2n) is 6.54. The third-order valence-corrected chi connectivity index (χ3v) is 4.35. The third kappa shape index (κ3) is 2.65. The van der Waals surface area contributed by atoms with Crippen LogP contribution in [-0.2, 0) is 17.4 Å². The molecule has 1 aliphatic carbocycles. The number of nitrogens with zero attached hydrogens (tertiary/aromatic N) is 2. The summed E-state index contributed by atoms with van der Waals surface area (Å²) in [5.74, 6) is 0.912. The van der Waals surface area contributed by atoms with Gasteiger partial charge in [0, 0.05) is 12.6 Å². The van der Waals surface area contributed by atoms with E-state index < -0.39 is 5.54 Å². The summed E-state index contributed by atoms with van der Waals surface area (Å²) in [6, 6.07) is 8.04. The summed E-state index contributed by atoms with van der Waals surface area (Å²) in [6.45, 7) is 4.02. The zero-order valence-corrected chi connectivity index (χ0v) is 13.5. The highest BCUT2D eigenvalue weighted by Gasteiger charge is 2.29. The highest BCUT2D eigenvalue weighted by Crippen LogP contribution is 2.25. The molecule has 0 saturated heterocycles. The molecule has 3 rings (SSSR count). The molecule has 116 valence electrons. The summed E-state index contributed by atoms with van der Waals surface area (Å²) in [7, 11) is 2.00. The molecule has 4 heteroatoms. The third-order valence-electron chi connectivity index (χ3n) is 4.35. The summed E-state index contributed by atoms with van der Waals surface area (Å²) in [5.41, 5.74) is 2.44. The van der Waals surface area contributed by atoms with Gasteiger partial charge in [-0.05, 0) is 51.7 Å². The number of benzene rings is 1. The van der Waals surface area contributed by atoms with Gasteiger partial charge in [-0.15, -0.1) is 0 Å². The van der Waals surface area contributed by atoms with E-state index in [-0.39, 0.29) is 5.91 Å². The van der Waals surface area contributed by atoms with Gasteiger partial charge in [-0.25, -0.2) is 4.98 Å². The molecule has 1 heterocycles. The predicted octanol–water partition coefficient (Wildman–Crippen LogP) is 3.43. The largest absolute Gasteiger partial charge is 0.340 e. The SMILES string of the molecule is Cn1c(C(C)(C)NC(=O)C2=CCCCC2)nc2ccccc21. The maximum atomic E-state index is 12.5. The van der Waals surface area contributed by atoms with E-state index in [9.17, 15) is 4.79 Å². The Bertz CT molecular complexity index is 740. The number of amides is 1. The van der Waals surface area contributed by atoms with Gasteiger partial charge in [0.2, 0.25) is 5.91 Å². The van der Waals surface area contributed by atoms with Gasteiger partial charge in [-0.2, -0.15) is 0 Å². The maximum Gasteiger partial charge on any atom is 0.247 e. The molecule has 4 nitrogen and oxygen atoms in total. The van der Waals surface area contributed by atoms with E-state index in [0.717, 1.165) is 41.7 Å². The topological polar surface area (TPSA) is 46.9 Å². The zero-order valence-electron chi connectivity index (χ0n) is 13.5. The van der Waals surface area contributed by atoms with Crippen LogP contribution in [-0.4, -0.2) is 15.5 Å². The lowest BCUT2D eigenvalue weighted by Gasteiger charge is -2.27. The number of aromatic nitrogens is 2. The molecule has 1 aromatic heterocycles. The molecule has 22 heavy (non-hydrogen) atoms. The molecule has 1 aliphatic rings. The molecule has 0 saturated carbocycles. The van der Waals surface area contributed by atoms with E-state index in [1.807, 2.05) is 45.2 Å². The fraction of sp³-hybridized carbons (Fsp3) is 0.444. The molecule has 0 atom stereocenters. The Morgan fingerprint density at radius 2 is 2.05 bits per heavy atom. The van der Waals surface area contributed by atoms with Crippen LogP contribution < -0.4 is 5.32 Å². The van der Waals surface area contributed by atoms with Crippen LogP contribution in [0.25, 0.3) is 11.0 Å². The van der Waals surface area contributed by atoms with Gasteiger partial charge >= 0.3 is 0 Å². The number of hydrogen-bond acceptors (Lipinski definition) is 2. The molecule has 0 aliphatic heterocycles. The van der Waals surface area contributed by atoms with Gasteiger partial charge in [0.25, 0.3) is 0 Å². The van der Waals surface area contributed by atoms with Gasteiger partial charge in [0.1, 0.15) is 5.82 Å². The van der Waals surface area contributed by atoms with Crippen molar-refractivity contribution in [2.24, 2.45) is 7.05 Å². The fourth-order valence-electron chi connectivity index (χ4n) is 3.17. The first kappa shape index (κ1) is 14.8. The maximum absolute atomic E-state index is 12.5. The number of hydrogen-bond donors (Lipinski definition) is 1. The van der Waals surface area contributed by atoms with E-state index in [2.05, 4.69) is 16.0 Å². The van der Waals surface area contributed by atoms with Crippen LogP contribution in [0.1, 0.15) is 45.4 Å². The number of carbonyl (C=O) groups is 1. The molecule has 0 bridgehead atoms. The van der Waals surface area contributed by atoms with E-state index in [0.29, 0.717) is 0 Å². The Balaban J connectivity index is 1.89. The van der Waals surface area contributed by atoms with E-state index in [1.54, 1.807) is 0 Å². The lowest BCUT2D eigenvalue weighted by molar-refractivity contribution is -0.119. The summed E-state index contributed by atoms with van der Waals surface area (Å²) >= 11 is 0. The normalized spacial score (nSPS) is 15.7. The highest BCUT2D eigenvalue weighted by molar-refractivity contribution is 5.94. The minimum Gasteiger partial charge on any atom is -0.340 e. The molecule has 0 radical (unpaired) electrons. The molecule has 1 aromatic carbocycles. The zero-order chi connectivity index (χ0) is 15.7. The molecule has 2 aromatic rings. The van der Waals surface area contributed by atoms with Gasteiger partial charge in [-0.3, -0.25) is 4.79 Å². The van der Waals surface area contributed by atoms with Gasteiger partial charge in [0.05, 0.1) is 16.6 Å². The summed E-state index contributed by atoms with van der Waals surface area (Å²) in [5, 5.41) is 3.15. The van der Waals surface area contributed by atoms with Crippen molar-refractivity contribution in [3.63, 3.8) is 0 Å². The minimum absolute atomic E-state index is 0.0387. The van der Waals surface area contributed by atoms with Crippen LogP contribution >= 0.6 is 0 Å². The van der Waals surface area contributed by atoms with Gasteiger partial charge < -0.3 is 9.88 Å². The first-order valence-electron chi connectivity index (χ1n) is 7.92. The van der Waals surface area contributed by atoms with Crippen molar-refractivity contribution >= 4 is 16.9 Å². The van der Waals surface area contributed by atoms with Crippen molar-refractivity contribution in [2.45, 2.75) is 45.1 Å².